The van der Waals surface area contributed by atoms with Crippen molar-refractivity contribution < 1.29 is 4.39 Å². The fraction of sp³-hybridized carbons (Fsp3) is 0.400. The average molecular weight is 296 g/mol. The number of para-hydroxylation sites is 1. The van der Waals surface area contributed by atoms with Crippen LogP contribution in [0.25, 0.3) is 0 Å². The molecule has 0 bridgehead atoms. The van der Waals surface area contributed by atoms with Gasteiger partial charge in [0.05, 0.1) is 23.1 Å². The third kappa shape index (κ3) is 3.38. The highest BCUT2D eigenvalue weighted by atomic mass is 35.5. The summed E-state index contributed by atoms with van der Waals surface area (Å²) in [5.41, 5.74) is 8.40. The first-order valence-corrected chi connectivity index (χ1v) is 7.12. The molecule has 0 saturated heterocycles. The molecule has 3 N–H and O–H groups in total. The Morgan fingerprint density at radius 3 is 3.00 bits per heavy atom. The van der Waals surface area contributed by atoms with Crippen molar-refractivity contribution >= 4 is 23.0 Å². The Balaban J connectivity index is 2.13. The standard InChI is InChI=1S/C15H19ClFN3/c16-13-6-1-5-12(15(13)19)14(18)11-4-2-8-20(10-11)9-3-7-17/h1,4-6,18H,2-3,7-10,19H2. The fourth-order valence-electron chi connectivity index (χ4n) is 2.39. The molecule has 3 nitrogen and oxygen atoms in total. The van der Waals surface area contributed by atoms with Gasteiger partial charge in [-0.05, 0) is 24.5 Å². The number of nitrogens with zero attached hydrogens (tertiary/aromatic N) is 1. The number of benzene rings is 1. The van der Waals surface area contributed by atoms with E-state index in [9.17, 15) is 4.39 Å². The van der Waals surface area contributed by atoms with Crippen molar-refractivity contribution in [1.29, 1.82) is 5.41 Å². The van der Waals surface area contributed by atoms with Crippen LogP contribution in [-0.4, -0.2) is 36.9 Å². The van der Waals surface area contributed by atoms with Crippen LogP contribution in [0.4, 0.5) is 10.1 Å². The molecule has 0 atom stereocenters. The molecule has 20 heavy (non-hydrogen) atoms. The normalized spacial score (nSPS) is 16.0. The number of anilines is 1. The van der Waals surface area contributed by atoms with Crippen molar-refractivity contribution in [1.82, 2.24) is 4.90 Å². The minimum Gasteiger partial charge on any atom is -0.397 e. The lowest BCUT2D eigenvalue weighted by atomic mass is 9.97. The van der Waals surface area contributed by atoms with Crippen LogP contribution < -0.4 is 5.73 Å². The Bertz CT molecular complexity index is 528. The van der Waals surface area contributed by atoms with Gasteiger partial charge >= 0.3 is 0 Å². The first-order valence-electron chi connectivity index (χ1n) is 6.74. The lowest BCUT2D eigenvalue weighted by Crippen LogP contribution is -2.33. The smallest absolute Gasteiger partial charge is 0.0906 e. The topological polar surface area (TPSA) is 53.1 Å². The highest BCUT2D eigenvalue weighted by molar-refractivity contribution is 6.34. The summed E-state index contributed by atoms with van der Waals surface area (Å²) >= 11 is 6.00. The molecule has 0 spiro atoms. The summed E-state index contributed by atoms with van der Waals surface area (Å²) in [6.45, 7) is 2.02. The fourth-order valence-corrected chi connectivity index (χ4v) is 2.56. The van der Waals surface area contributed by atoms with E-state index in [1.54, 1.807) is 12.1 Å². The van der Waals surface area contributed by atoms with Crippen LogP contribution in [0.15, 0.2) is 29.8 Å². The zero-order valence-electron chi connectivity index (χ0n) is 11.3. The van der Waals surface area contributed by atoms with Crippen LogP contribution in [0.1, 0.15) is 18.4 Å². The summed E-state index contributed by atoms with van der Waals surface area (Å²) in [5, 5.41) is 8.79. The van der Waals surface area contributed by atoms with E-state index >= 15 is 0 Å². The van der Waals surface area contributed by atoms with E-state index in [4.69, 9.17) is 22.7 Å². The van der Waals surface area contributed by atoms with E-state index in [2.05, 4.69) is 11.0 Å². The second-order valence-electron chi connectivity index (χ2n) is 4.91. The Hall–Kier alpha value is -1.39. The van der Waals surface area contributed by atoms with Crippen LogP contribution in [0.2, 0.25) is 5.02 Å². The Kier molecular flexibility index (Phi) is 5.15. The van der Waals surface area contributed by atoms with E-state index in [1.165, 1.54) is 0 Å². The molecule has 0 aromatic heterocycles. The van der Waals surface area contributed by atoms with Gasteiger partial charge in [0.15, 0.2) is 0 Å². The minimum absolute atomic E-state index is 0.297. The maximum absolute atomic E-state index is 12.3. The summed E-state index contributed by atoms with van der Waals surface area (Å²) in [7, 11) is 0. The van der Waals surface area contributed by atoms with E-state index in [-0.39, 0.29) is 6.67 Å². The lowest BCUT2D eigenvalue weighted by Gasteiger charge is -2.27. The first kappa shape index (κ1) is 15.0. The van der Waals surface area contributed by atoms with Gasteiger partial charge in [0.2, 0.25) is 0 Å². The number of alkyl halides is 1. The quantitative estimate of drug-likeness (QED) is 0.647. The molecule has 108 valence electrons. The number of halogens is 2. The Morgan fingerprint density at radius 2 is 2.25 bits per heavy atom. The van der Waals surface area contributed by atoms with Gasteiger partial charge in [-0.25, -0.2) is 0 Å². The molecule has 2 rings (SSSR count). The van der Waals surface area contributed by atoms with Crippen molar-refractivity contribution in [3.63, 3.8) is 0 Å². The molecular weight excluding hydrogens is 277 g/mol. The van der Waals surface area contributed by atoms with Crippen LogP contribution in [0, 0.1) is 5.41 Å². The number of nitrogens with one attached hydrogen (secondary N) is 1. The molecule has 1 aliphatic rings. The molecule has 1 aromatic carbocycles. The van der Waals surface area contributed by atoms with E-state index in [1.807, 2.05) is 6.07 Å². The van der Waals surface area contributed by atoms with Crippen molar-refractivity contribution in [3.8, 4) is 0 Å². The van der Waals surface area contributed by atoms with Crippen molar-refractivity contribution in [2.24, 2.45) is 0 Å². The summed E-state index contributed by atoms with van der Waals surface area (Å²) < 4.78 is 12.3. The third-order valence-electron chi connectivity index (χ3n) is 3.48. The maximum atomic E-state index is 12.3. The minimum atomic E-state index is -0.297. The largest absolute Gasteiger partial charge is 0.397 e. The SMILES string of the molecule is N=C(C1=CCCN(CCCF)C1)c1cccc(Cl)c1N. The summed E-state index contributed by atoms with van der Waals surface area (Å²) in [6.07, 6.45) is 3.49. The maximum Gasteiger partial charge on any atom is 0.0906 e. The number of nitrogens with two attached hydrogens (primary N) is 1. The first-order chi connectivity index (χ1) is 9.63. The average Bonchev–Trinajstić information content (AvgIpc) is 2.47. The highest BCUT2D eigenvalue weighted by Gasteiger charge is 2.18. The molecule has 0 saturated carbocycles. The van der Waals surface area contributed by atoms with Gasteiger partial charge in [-0.15, -0.1) is 0 Å². The Labute approximate surface area is 123 Å². The van der Waals surface area contributed by atoms with E-state index < -0.39 is 0 Å². The zero-order valence-corrected chi connectivity index (χ0v) is 12.1. The van der Waals surface area contributed by atoms with Crippen molar-refractivity contribution in [2.45, 2.75) is 12.8 Å². The highest BCUT2D eigenvalue weighted by Crippen LogP contribution is 2.25. The van der Waals surface area contributed by atoms with E-state index in [0.717, 1.165) is 25.1 Å². The van der Waals surface area contributed by atoms with Crippen LogP contribution in [0.3, 0.4) is 0 Å². The third-order valence-corrected chi connectivity index (χ3v) is 3.81. The summed E-state index contributed by atoms with van der Waals surface area (Å²) in [6, 6.07) is 5.33. The number of hydrogen-bond donors (Lipinski definition) is 2. The molecule has 5 heteroatoms. The molecular formula is C15H19ClFN3. The van der Waals surface area contributed by atoms with Gasteiger partial charge in [-0.1, -0.05) is 29.8 Å². The van der Waals surface area contributed by atoms with Gasteiger partial charge in [0.25, 0.3) is 0 Å². The van der Waals surface area contributed by atoms with Crippen LogP contribution >= 0.6 is 11.6 Å². The van der Waals surface area contributed by atoms with Gasteiger partial charge in [0, 0.05) is 25.2 Å². The van der Waals surface area contributed by atoms with Gasteiger partial charge in [-0.2, -0.15) is 0 Å². The molecule has 0 aliphatic carbocycles. The monoisotopic (exact) mass is 295 g/mol. The second kappa shape index (κ2) is 6.86. The van der Waals surface area contributed by atoms with Gasteiger partial charge in [-0.3, -0.25) is 14.7 Å². The predicted molar refractivity (Wildman–Crippen MR) is 82.4 cm³/mol. The molecule has 1 aromatic rings. The zero-order chi connectivity index (χ0) is 14.5. The predicted octanol–water partition coefficient (Wildman–Crippen LogP) is 3.28. The summed E-state index contributed by atoms with van der Waals surface area (Å²) in [5.74, 6) is 0. The number of rotatable bonds is 5. The molecule has 0 amide bonds. The number of hydrogen-bond acceptors (Lipinski definition) is 3. The van der Waals surface area contributed by atoms with Crippen LogP contribution in [0.5, 0.6) is 0 Å². The Morgan fingerprint density at radius 1 is 1.45 bits per heavy atom. The van der Waals surface area contributed by atoms with Crippen molar-refractivity contribution in [3.05, 3.63) is 40.4 Å². The van der Waals surface area contributed by atoms with Crippen LogP contribution in [-0.2, 0) is 0 Å². The molecule has 0 unspecified atom stereocenters. The van der Waals surface area contributed by atoms with E-state index in [0.29, 0.717) is 35.0 Å². The summed E-state index contributed by atoms with van der Waals surface area (Å²) in [4.78, 5) is 2.17. The lowest BCUT2D eigenvalue weighted by molar-refractivity contribution is 0.276. The molecule has 1 heterocycles. The molecule has 0 radical (unpaired) electrons. The van der Waals surface area contributed by atoms with Gasteiger partial charge in [0.1, 0.15) is 0 Å². The number of nitrogen functional groups attached to an aromatic ring is 1. The molecule has 1 aliphatic heterocycles. The van der Waals surface area contributed by atoms with Crippen molar-refractivity contribution in [2.75, 3.05) is 32.0 Å². The molecule has 0 fully saturated rings. The van der Waals surface area contributed by atoms with Gasteiger partial charge < -0.3 is 5.73 Å². The second-order valence-corrected chi connectivity index (χ2v) is 5.32.